The molecule has 2 aromatic rings. The maximum absolute atomic E-state index is 13.7. The van der Waals surface area contributed by atoms with E-state index in [9.17, 15) is 18.0 Å². The second kappa shape index (κ2) is 6.51. The number of likely N-dealkylation sites (N-methyl/N-ethyl adjacent to an activating group) is 2. The van der Waals surface area contributed by atoms with Gasteiger partial charge in [-0.15, -0.1) is 0 Å². The Balaban J connectivity index is 2.16. The molecule has 0 saturated heterocycles. The molecule has 0 unspecified atom stereocenters. The number of hydrogen-bond acceptors (Lipinski definition) is 4. The summed E-state index contributed by atoms with van der Waals surface area (Å²) in [6.07, 6.45) is -3.20. The van der Waals surface area contributed by atoms with Crippen LogP contribution in [-0.2, 0) is 6.18 Å². The zero-order valence-electron chi connectivity index (χ0n) is 14.7. The number of alkyl halides is 3. The minimum absolute atomic E-state index is 0.0503. The van der Waals surface area contributed by atoms with Gasteiger partial charge >= 0.3 is 6.18 Å². The van der Waals surface area contributed by atoms with Crippen molar-refractivity contribution in [1.29, 1.82) is 0 Å². The monoisotopic (exact) mass is 364 g/mol. The zero-order valence-corrected chi connectivity index (χ0v) is 14.7. The number of rotatable bonds is 2. The van der Waals surface area contributed by atoms with E-state index in [-0.39, 0.29) is 17.2 Å². The molecule has 0 saturated carbocycles. The van der Waals surface area contributed by atoms with Crippen molar-refractivity contribution < 1.29 is 18.0 Å². The Morgan fingerprint density at radius 1 is 1.12 bits per heavy atom. The number of nitrogens with one attached hydrogen (secondary N) is 1. The Kier molecular flexibility index (Phi) is 4.52. The van der Waals surface area contributed by atoms with Gasteiger partial charge in [0.2, 0.25) is 0 Å². The highest BCUT2D eigenvalue weighted by atomic mass is 19.4. The molecule has 3 rings (SSSR count). The van der Waals surface area contributed by atoms with Gasteiger partial charge in [-0.2, -0.15) is 13.2 Å². The van der Waals surface area contributed by atoms with Gasteiger partial charge in [0.1, 0.15) is 5.69 Å². The molecule has 0 bridgehead atoms. The fourth-order valence-electron chi connectivity index (χ4n) is 3.02. The quantitative estimate of drug-likeness (QED) is 0.890. The van der Waals surface area contributed by atoms with Crippen LogP contribution in [0.25, 0.3) is 11.1 Å². The average molecular weight is 364 g/mol. The Morgan fingerprint density at radius 3 is 2.23 bits per heavy atom. The van der Waals surface area contributed by atoms with Crippen LogP contribution in [0.4, 0.5) is 24.5 Å². The minimum Gasteiger partial charge on any atom is -0.371 e. The van der Waals surface area contributed by atoms with Gasteiger partial charge in [-0.3, -0.25) is 9.78 Å². The molecule has 8 heteroatoms. The summed E-state index contributed by atoms with van der Waals surface area (Å²) in [5.41, 5.74) is 1.08. The summed E-state index contributed by atoms with van der Waals surface area (Å²) in [6, 6.07) is 5.64. The second-order valence-corrected chi connectivity index (χ2v) is 6.24. The first-order chi connectivity index (χ1) is 12.2. The maximum Gasteiger partial charge on any atom is 0.417 e. The molecule has 26 heavy (non-hydrogen) atoms. The molecule has 0 spiro atoms. The van der Waals surface area contributed by atoms with E-state index in [1.54, 1.807) is 13.1 Å². The number of benzene rings is 1. The van der Waals surface area contributed by atoms with Crippen molar-refractivity contribution in [3.63, 3.8) is 0 Å². The number of amides is 1. The van der Waals surface area contributed by atoms with Crippen molar-refractivity contribution in [3.05, 3.63) is 41.7 Å². The second-order valence-electron chi connectivity index (χ2n) is 6.24. The third-order valence-corrected chi connectivity index (χ3v) is 4.55. The summed E-state index contributed by atoms with van der Waals surface area (Å²) in [6.45, 7) is 1.38. The molecule has 5 nitrogen and oxygen atoms in total. The topological polar surface area (TPSA) is 48.5 Å². The normalized spacial score (nSPS) is 14.2. The lowest BCUT2D eigenvalue weighted by Gasteiger charge is -2.36. The molecule has 0 atom stereocenters. The fourth-order valence-corrected chi connectivity index (χ4v) is 3.02. The maximum atomic E-state index is 13.7. The summed E-state index contributed by atoms with van der Waals surface area (Å²) in [4.78, 5) is 19.3. The van der Waals surface area contributed by atoms with E-state index in [1.807, 2.05) is 16.8 Å². The molecule has 1 N–H and O–H groups in total. The Hall–Kier alpha value is -2.77. The molecule has 1 aromatic heterocycles. The number of fused-ring (bicyclic) bond motifs is 1. The van der Waals surface area contributed by atoms with Crippen LogP contribution < -0.4 is 15.1 Å². The van der Waals surface area contributed by atoms with E-state index in [1.165, 1.54) is 31.4 Å². The van der Waals surface area contributed by atoms with E-state index in [0.717, 1.165) is 12.2 Å². The highest BCUT2D eigenvalue weighted by Crippen LogP contribution is 2.44. The molecule has 0 radical (unpaired) electrons. The van der Waals surface area contributed by atoms with Gasteiger partial charge in [-0.05, 0) is 23.8 Å². The van der Waals surface area contributed by atoms with Gasteiger partial charge in [0.25, 0.3) is 5.91 Å². The average Bonchev–Trinajstić information content (AvgIpc) is 2.62. The first-order valence-electron chi connectivity index (χ1n) is 8.08. The number of carbonyl (C=O) groups is 1. The lowest BCUT2D eigenvalue weighted by molar-refractivity contribution is -0.137. The minimum atomic E-state index is -4.50. The van der Waals surface area contributed by atoms with Gasteiger partial charge < -0.3 is 15.1 Å². The smallest absolute Gasteiger partial charge is 0.371 e. The first kappa shape index (κ1) is 18.0. The molecule has 2 heterocycles. The first-order valence-corrected chi connectivity index (χ1v) is 8.08. The predicted molar refractivity (Wildman–Crippen MR) is 94.6 cm³/mol. The van der Waals surface area contributed by atoms with Crippen LogP contribution in [0.5, 0.6) is 0 Å². The van der Waals surface area contributed by atoms with E-state index in [2.05, 4.69) is 10.3 Å². The van der Waals surface area contributed by atoms with Crippen molar-refractivity contribution in [1.82, 2.24) is 10.3 Å². The number of nitrogens with zero attached hydrogens (tertiary/aromatic N) is 3. The van der Waals surface area contributed by atoms with Crippen molar-refractivity contribution in [2.45, 2.75) is 6.18 Å². The SMILES string of the molecule is CNC(=O)c1ccc(-c2cc3c(cc2C(F)(F)F)N(C)CCN3C)cn1. The van der Waals surface area contributed by atoms with E-state index >= 15 is 0 Å². The van der Waals surface area contributed by atoms with Crippen LogP contribution in [0.1, 0.15) is 16.1 Å². The van der Waals surface area contributed by atoms with Crippen LogP contribution in [0.3, 0.4) is 0 Å². The molecular formula is C18H19F3N4O. The Morgan fingerprint density at radius 2 is 1.73 bits per heavy atom. The van der Waals surface area contributed by atoms with E-state index in [4.69, 9.17) is 0 Å². The van der Waals surface area contributed by atoms with Crippen molar-refractivity contribution in [2.75, 3.05) is 44.0 Å². The van der Waals surface area contributed by atoms with Crippen LogP contribution in [0.2, 0.25) is 0 Å². The number of anilines is 2. The highest BCUT2D eigenvalue weighted by molar-refractivity contribution is 5.92. The van der Waals surface area contributed by atoms with Gasteiger partial charge in [0.05, 0.1) is 16.9 Å². The summed E-state index contributed by atoms with van der Waals surface area (Å²) < 4.78 is 41.0. The van der Waals surface area contributed by atoms with Gasteiger partial charge in [0.15, 0.2) is 0 Å². The van der Waals surface area contributed by atoms with Crippen LogP contribution in [0.15, 0.2) is 30.5 Å². The van der Waals surface area contributed by atoms with Crippen LogP contribution >= 0.6 is 0 Å². The number of halogens is 3. The molecule has 0 aliphatic carbocycles. The number of pyridine rings is 1. The summed E-state index contributed by atoms with van der Waals surface area (Å²) in [5, 5.41) is 2.43. The van der Waals surface area contributed by atoms with Gasteiger partial charge in [-0.25, -0.2) is 0 Å². The third-order valence-electron chi connectivity index (χ3n) is 4.55. The summed E-state index contributed by atoms with van der Waals surface area (Å²) in [5.74, 6) is -0.389. The Bertz CT molecular complexity index is 834. The van der Waals surface area contributed by atoms with Crippen molar-refractivity contribution in [3.8, 4) is 11.1 Å². The molecular weight excluding hydrogens is 345 g/mol. The Labute approximate surface area is 149 Å². The van der Waals surface area contributed by atoms with Gasteiger partial charge in [0, 0.05) is 46.0 Å². The van der Waals surface area contributed by atoms with Crippen LogP contribution in [0, 0.1) is 0 Å². The number of carbonyl (C=O) groups excluding carboxylic acids is 1. The molecule has 0 fully saturated rings. The molecule has 138 valence electrons. The number of hydrogen-bond donors (Lipinski definition) is 1. The predicted octanol–water partition coefficient (Wildman–Crippen LogP) is 3.01. The van der Waals surface area contributed by atoms with Gasteiger partial charge in [-0.1, -0.05) is 6.07 Å². The van der Waals surface area contributed by atoms with Crippen molar-refractivity contribution >= 4 is 17.3 Å². The molecule has 1 aromatic carbocycles. The molecule has 1 aliphatic rings. The molecule has 1 aliphatic heterocycles. The summed E-state index contributed by atoms with van der Waals surface area (Å²) in [7, 11) is 5.11. The lowest BCUT2D eigenvalue weighted by Crippen LogP contribution is -2.37. The molecule has 1 amide bonds. The zero-order chi connectivity index (χ0) is 19.1. The largest absolute Gasteiger partial charge is 0.417 e. The highest BCUT2D eigenvalue weighted by Gasteiger charge is 2.36. The van der Waals surface area contributed by atoms with E-state index in [0.29, 0.717) is 17.8 Å². The third kappa shape index (κ3) is 3.18. The fraction of sp³-hybridized carbons (Fsp3) is 0.333. The van der Waals surface area contributed by atoms with Crippen molar-refractivity contribution in [2.24, 2.45) is 0 Å². The lowest BCUT2D eigenvalue weighted by atomic mass is 9.97. The van der Waals surface area contributed by atoms with Crippen LogP contribution in [-0.4, -0.2) is 45.1 Å². The number of aromatic nitrogens is 1. The summed E-state index contributed by atoms with van der Waals surface area (Å²) >= 11 is 0. The van der Waals surface area contributed by atoms with E-state index < -0.39 is 11.7 Å². The standard InChI is InChI=1S/C18H19F3N4O/c1-22-17(26)14-5-4-11(10-23-14)12-8-15-16(9-13(12)18(19,20)21)25(3)7-6-24(15)2/h4-5,8-10H,6-7H2,1-3H3,(H,22,26).